The maximum Gasteiger partial charge on any atom is 0.329 e. The molecule has 1 heterocycles. The molecule has 5 heteroatoms. The Labute approximate surface area is 160 Å². The van der Waals surface area contributed by atoms with Crippen LogP contribution in [0.25, 0.3) is 0 Å². The standard InChI is InChI=1S/C22H25N3O2/c1-22(19-12-11-17-9-6-10-18(17)13-19)20(26)25(21(27)23-22)15-24(2)14-16-7-4-3-5-8-16/h3-5,7-8,11-13H,6,9-10,14-15H2,1-2H3,(H,23,27)/p+1/t22-/m1/s1. The van der Waals surface area contributed by atoms with Gasteiger partial charge in [0.25, 0.3) is 5.91 Å². The molecule has 1 aliphatic heterocycles. The highest BCUT2D eigenvalue weighted by molar-refractivity contribution is 6.07. The second-order valence-corrected chi connectivity index (χ2v) is 7.90. The van der Waals surface area contributed by atoms with Crippen molar-refractivity contribution < 1.29 is 14.5 Å². The second-order valence-electron chi connectivity index (χ2n) is 7.90. The number of quaternary nitrogens is 1. The van der Waals surface area contributed by atoms with Crippen LogP contribution in [0.3, 0.4) is 0 Å². The van der Waals surface area contributed by atoms with Gasteiger partial charge in [-0.05, 0) is 42.9 Å². The largest absolute Gasteiger partial charge is 0.329 e. The molecule has 4 rings (SSSR count). The van der Waals surface area contributed by atoms with E-state index in [1.165, 1.54) is 21.6 Å². The minimum Gasteiger partial charge on any atom is -0.319 e. The van der Waals surface area contributed by atoms with Crippen LogP contribution in [0.2, 0.25) is 0 Å². The fourth-order valence-corrected chi connectivity index (χ4v) is 4.19. The summed E-state index contributed by atoms with van der Waals surface area (Å²) < 4.78 is 0. The highest BCUT2D eigenvalue weighted by Crippen LogP contribution is 2.32. The normalized spacial score (nSPS) is 22.7. The Morgan fingerprint density at radius 1 is 1.07 bits per heavy atom. The Hall–Kier alpha value is -2.66. The molecule has 2 aromatic rings. The van der Waals surface area contributed by atoms with Crippen molar-refractivity contribution in [2.24, 2.45) is 0 Å². The predicted molar refractivity (Wildman–Crippen MR) is 103 cm³/mol. The number of hydrogen-bond acceptors (Lipinski definition) is 2. The maximum atomic E-state index is 13.2. The van der Waals surface area contributed by atoms with Crippen LogP contribution < -0.4 is 10.2 Å². The molecule has 0 bridgehead atoms. The third-order valence-electron chi connectivity index (χ3n) is 5.73. The van der Waals surface area contributed by atoms with E-state index in [1.807, 2.05) is 38.2 Å². The van der Waals surface area contributed by atoms with Gasteiger partial charge < -0.3 is 10.2 Å². The summed E-state index contributed by atoms with van der Waals surface area (Å²) in [4.78, 5) is 28.2. The van der Waals surface area contributed by atoms with Crippen molar-refractivity contribution in [3.05, 3.63) is 70.8 Å². The first-order valence-electron chi connectivity index (χ1n) is 9.59. The van der Waals surface area contributed by atoms with Crippen molar-refractivity contribution in [1.29, 1.82) is 0 Å². The molecule has 2 atom stereocenters. The zero-order valence-electron chi connectivity index (χ0n) is 15.9. The minimum absolute atomic E-state index is 0.169. The molecule has 0 spiro atoms. The summed E-state index contributed by atoms with van der Waals surface area (Å²) in [7, 11) is 2.00. The number of nitrogens with one attached hydrogen (secondary N) is 2. The van der Waals surface area contributed by atoms with Gasteiger partial charge in [-0.2, -0.15) is 0 Å². The molecule has 0 saturated carbocycles. The van der Waals surface area contributed by atoms with E-state index < -0.39 is 5.54 Å². The van der Waals surface area contributed by atoms with Crippen molar-refractivity contribution in [2.45, 2.75) is 38.3 Å². The summed E-state index contributed by atoms with van der Waals surface area (Å²) in [5, 5.41) is 2.93. The van der Waals surface area contributed by atoms with Crippen LogP contribution in [-0.4, -0.2) is 30.6 Å². The average Bonchev–Trinajstić information content (AvgIpc) is 3.21. The summed E-state index contributed by atoms with van der Waals surface area (Å²) in [6, 6.07) is 16.0. The third-order valence-corrected chi connectivity index (χ3v) is 5.73. The maximum absolute atomic E-state index is 13.2. The molecule has 0 radical (unpaired) electrons. The van der Waals surface area contributed by atoms with E-state index in [0.29, 0.717) is 6.67 Å². The van der Waals surface area contributed by atoms with E-state index >= 15 is 0 Å². The van der Waals surface area contributed by atoms with Gasteiger partial charge >= 0.3 is 6.03 Å². The summed E-state index contributed by atoms with van der Waals surface area (Å²) in [6.07, 6.45) is 3.32. The molecule has 0 aromatic heterocycles. The molecule has 1 unspecified atom stereocenters. The number of aryl methyl sites for hydroxylation is 2. The molecule has 2 aliphatic rings. The molecule has 27 heavy (non-hydrogen) atoms. The number of benzene rings is 2. The van der Waals surface area contributed by atoms with Crippen LogP contribution in [0, 0.1) is 0 Å². The van der Waals surface area contributed by atoms with Crippen molar-refractivity contribution >= 4 is 11.9 Å². The predicted octanol–water partition coefficient (Wildman–Crippen LogP) is 1.61. The van der Waals surface area contributed by atoms with Crippen molar-refractivity contribution in [1.82, 2.24) is 10.2 Å². The third kappa shape index (κ3) is 3.23. The van der Waals surface area contributed by atoms with Crippen molar-refractivity contribution in [3.63, 3.8) is 0 Å². The Morgan fingerprint density at radius 3 is 2.59 bits per heavy atom. The smallest absolute Gasteiger partial charge is 0.319 e. The van der Waals surface area contributed by atoms with Gasteiger partial charge in [0, 0.05) is 5.56 Å². The fraction of sp³-hybridized carbons (Fsp3) is 0.364. The van der Waals surface area contributed by atoms with Crippen LogP contribution in [0.1, 0.15) is 35.6 Å². The van der Waals surface area contributed by atoms with E-state index in [-0.39, 0.29) is 11.9 Å². The molecule has 140 valence electrons. The molecule has 1 fully saturated rings. The average molecular weight is 364 g/mol. The molecular weight excluding hydrogens is 338 g/mol. The van der Waals surface area contributed by atoms with Crippen LogP contribution in [-0.2, 0) is 29.7 Å². The van der Waals surface area contributed by atoms with Crippen LogP contribution in [0.15, 0.2) is 48.5 Å². The van der Waals surface area contributed by atoms with Crippen molar-refractivity contribution in [3.8, 4) is 0 Å². The minimum atomic E-state index is -0.984. The molecule has 1 saturated heterocycles. The Bertz CT molecular complexity index is 880. The SMILES string of the molecule is C[NH+](Cc1ccccc1)CN1C(=O)N[C@](C)(c2ccc3c(c2)CCC3)C1=O. The lowest BCUT2D eigenvalue weighted by Crippen LogP contribution is -3.09. The molecule has 2 aromatic carbocycles. The van der Waals surface area contributed by atoms with E-state index in [4.69, 9.17) is 0 Å². The second kappa shape index (κ2) is 6.82. The van der Waals surface area contributed by atoms with Gasteiger partial charge in [-0.1, -0.05) is 48.5 Å². The number of carbonyl (C=O) groups is 2. The van der Waals surface area contributed by atoms with Gasteiger partial charge in [0.05, 0.1) is 7.05 Å². The molecule has 2 N–H and O–H groups in total. The number of imide groups is 1. The van der Waals surface area contributed by atoms with Gasteiger partial charge in [-0.15, -0.1) is 0 Å². The summed E-state index contributed by atoms with van der Waals surface area (Å²) >= 11 is 0. The van der Waals surface area contributed by atoms with Gasteiger partial charge in [0.15, 0.2) is 6.67 Å². The van der Waals surface area contributed by atoms with E-state index in [1.54, 1.807) is 0 Å². The highest BCUT2D eigenvalue weighted by atomic mass is 16.2. The number of fused-ring (bicyclic) bond motifs is 1. The van der Waals surface area contributed by atoms with E-state index in [2.05, 4.69) is 29.6 Å². The van der Waals surface area contributed by atoms with Crippen LogP contribution >= 0.6 is 0 Å². The number of hydrogen-bond donors (Lipinski definition) is 2. The fourth-order valence-electron chi connectivity index (χ4n) is 4.19. The molecular formula is C22H26N3O2+. The summed E-state index contributed by atoms with van der Waals surface area (Å²) in [6.45, 7) is 2.92. The Kier molecular flexibility index (Phi) is 4.48. The van der Waals surface area contributed by atoms with Gasteiger partial charge in [-0.3, -0.25) is 4.79 Å². The number of amides is 3. The zero-order valence-corrected chi connectivity index (χ0v) is 15.9. The number of rotatable bonds is 5. The Balaban J connectivity index is 1.51. The first-order chi connectivity index (χ1) is 13.0. The lowest BCUT2D eigenvalue weighted by Gasteiger charge is -2.24. The van der Waals surface area contributed by atoms with E-state index in [9.17, 15) is 9.59 Å². The van der Waals surface area contributed by atoms with Crippen LogP contribution in [0.4, 0.5) is 4.79 Å². The quantitative estimate of drug-likeness (QED) is 0.792. The first kappa shape index (κ1) is 17.7. The zero-order chi connectivity index (χ0) is 19.0. The summed E-state index contributed by atoms with van der Waals surface area (Å²) in [5.74, 6) is -0.169. The number of urea groups is 1. The van der Waals surface area contributed by atoms with Crippen LogP contribution in [0.5, 0.6) is 0 Å². The summed E-state index contributed by atoms with van der Waals surface area (Å²) in [5.41, 5.74) is 3.75. The topological polar surface area (TPSA) is 53.9 Å². The van der Waals surface area contributed by atoms with Crippen molar-refractivity contribution in [2.75, 3.05) is 13.7 Å². The Morgan fingerprint density at radius 2 is 1.81 bits per heavy atom. The van der Waals surface area contributed by atoms with Gasteiger partial charge in [0.1, 0.15) is 12.1 Å². The monoisotopic (exact) mass is 364 g/mol. The lowest BCUT2D eigenvalue weighted by molar-refractivity contribution is -0.901. The molecule has 1 aliphatic carbocycles. The lowest BCUT2D eigenvalue weighted by atomic mass is 9.90. The number of carbonyl (C=O) groups excluding carboxylic acids is 2. The number of nitrogens with zero attached hydrogens (tertiary/aromatic N) is 1. The first-order valence-corrected chi connectivity index (χ1v) is 9.59. The molecule has 5 nitrogen and oxygen atoms in total. The molecule has 3 amide bonds. The van der Waals surface area contributed by atoms with Gasteiger partial charge in [-0.25, -0.2) is 9.69 Å². The van der Waals surface area contributed by atoms with E-state index in [0.717, 1.165) is 36.3 Å². The highest BCUT2D eigenvalue weighted by Gasteiger charge is 2.50. The van der Waals surface area contributed by atoms with Gasteiger partial charge in [0.2, 0.25) is 0 Å².